The number of rotatable bonds is 8. The minimum absolute atomic E-state index is 0.130. The van der Waals surface area contributed by atoms with E-state index in [0.717, 1.165) is 36.1 Å². The zero-order valence-corrected chi connectivity index (χ0v) is 23.0. The number of hydrogen-bond donors (Lipinski definition) is 2. The van der Waals surface area contributed by atoms with E-state index in [1.807, 2.05) is 6.07 Å². The van der Waals surface area contributed by atoms with Gasteiger partial charge in [-0.15, -0.1) is 0 Å². The summed E-state index contributed by atoms with van der Waals surface area (Å²) in [5.74, 6) is -0.130. The van der Waals surface area contributed by atoms with Crippen LogP contribution in [0.2, 0.25) is 0 Å². The highest BCUT2D eigenvalue weighted by Gasteiger charge is 2.65. The van der Waals surface area contributed by atoms with Crippen LogP contribution in [0, 0.1) is 0 Å². The van der Waals surface area contributed by atoms with Gasteiger partial charge >= 0.3 is 10.2 Å². The summed E-state index contributed by atoms with van der Waals surface area (Å²) in [6, 6.07) is 16.4. The van der Waals surface area contributed by atoms with Crippen molar-refractivity contribution in [2.24, 2.45) is 0 Å². The molecule has 2 fully saturated rings. The molecule has 5 rings (SSSR count). The van der Waals surface area contributed by atoms with Crippen molar-refractivity contribution < 1.29 is 32.6 Å². The highest BCUT2D eigenvalue weighted by Crippen LogP contribution is 3.02. The summed E-state index contributed by atoms with van der Waals surface area (Å²) in [6.45, 7) is 0. The summed E-state index contributed by atoms with van der Waals surface area (Å²) >= 11 is 0. The SMILES string of the molecule is O=C(NC1CC1)c1cccc(-c2ccc(S(=O)(=O)C3CCC(Nc4ccc(S(F)(F)(F)(F)F)cc4)CC3)cc2)c1. The van der Waals surface area contributed by atoms with Crippen molar-refractivity contribution in [3.8, 4) is 11.1 Å². The van der Waals surface area contributed by atoms with Gasteiger partial charge in [0.25, 0.3) is 5.91 Å². The Balaban J connectivity index is 1.20. The van der Waals surface area contributed by atoms with Crippen LogP contribution in [0.4, 0.5) is 25.1 Å². The topological polar surface area (TPSA) is 75.3 Å². The molecule has 216 valence electrons. The summed E-state index contributed by atoms with van der Waals surface area (Å²) in [4.78, 5) is 10.6. The minimum Gasteiger partial charge on any atom is -0.382 e. The average molecular weight is 601 g/mol. The van der Waals surface area contributed by atoms with Crippen LogP contribution in [0.5, 0.6) is 0 Å². The van der Waals surface area contributed by atoms with Crippen molar-refractivity contribution in [1.29, 1.82) is 0 Å². The Bertz CT molecular complexity index is 1520. The van der Waals surface area contributed by atoms with Gasteiger partial charge in [-0.25, -0.2) is 8.42 Å². The molecular formula is C28H29F5N2O3S2. The number of carbonyl (C=O) groups is 1. The number of sulfone groups is 1. The smallest absolute Gasteiger partial charge is 0.310 e. The van der Waals surface area contributed by atoms with E-state index in [2.05, 4.69) is 10.6 Å². The fraction of sp³-hybridized carbons (Fsp3) is 0.321. The minimum atomic E-state index is -9.73. The number of nitrogens with one attached hydrogen (secondary N) is 2. The second-order valence-electron chi connectivity index (χ2n) is 10.5. The molecule has 0 aliphatic heterocycles. The third-order valence-corrected chi connectivity index (χ3v) is 10.8. The number of carbonyl (C=O) groups excluding carboxylic acids is 1. The monoisotopic (exact) mass is 600 g/mol. The first-order valence-electron chi connectivity index (χ1n) is 12.9. The number of benzene rings is 3. The van der Waals surface area contributed by atoms with Crippen LogP contribution in [0.25, 0.3) is 11.1 Å². The molecular weight excluding hydrogens is 571 g/mol. The molecule has 0 aromatic heterocycles. The predicted octanol–water partition coefficient (Wildman–Crippen LogP) is 8.10. The van der Waals surface area contributed by atoms with Crippen LogP contribution >= 0.6 is 10.2 Å². The van der Waals surface area contributed by atoms with E-state index in [1.54, 1.807) is 42.5 Å². The van der Waals surface area contributed by atoms with Crippen molar-refractivity contribution in [2.75, 3.05) is 5.32 Å². The summed E-state index contributed by atoms with van der Waals surface area (Å²) in [6.07, 6.45) is 3.60. The lowest BCUT2D eigenvalue weighted by Crippen LogP contribution is -2.32. The van der Waals surface area contributed by atoms with E-state index in [-0.39, 0.29) is 28.6 Å². The lowest BCUT2D eigenvalue weighted by molar-refractivity contribution is 0.0951. The molecule has 40 heavy (non-hydrogen) atoms. The fourth-order valence-electron chi connectivity index (χ4n) is 4.93. The number of anilines is 1. The van der Waals surface area contributed by atoms with E-state index in [9.17, 15) is 32.6 Å². The lowest BCUT2D eigenvalue weighted by atomic mass is 9.95. The van der Waals surface area contributed by atoms with E-state index in [4.69, 9.17) is 0 Å². The maximum atomic E-state index is 13.3. The standard InChI is InChI=1S/C28H29F5N2O3S2/c29-40(30,31,32,33)27-16-10-23(11-17-27)34-22-8-14-26(15-9-22)39(37,38)25-12-4-19(5-13-25)20-2-1-3-21(18-20)28(36)35-24-6-7-24/h1-5,10-13,16-18,22,24,26,34H,6-9,14-15H2,(H,35,36). The molecule has 3 aromatic rings. The molecule has 0 heterocycles. The van der Waals surface area contributed by atoms with Gasteiger partial charge in [-0.1, -0.05) is 43.7 Å². The van der Waals surface area contributed by atoms with E-state index in [0.29, 0.717) is 43.4 Å². The van der Waals surface area contributed by atoms with Gasteiger partial charge in [-0.3, -0.25) is 4.79 Å². The highest BCUT2D eigenvalue weighted by molar-refractivity contribution is 8.45. The summed E-state index contributed by atoms with van der Waals surface area (Å²) in [5, 5.41) is 5.37. The van der Waals surface area contributed by atoms with Crippen molar-refractivity contribution in [2.45, 2.75) is 65.6 Å². The average Bonchev–Trinajstić information content (AvgIpc) is 3.72. The van der Waals surface area contributed by atoms with Gasteiger partial charge in [0.05, 0.1) is 10.1 Å². The molecule has 5 nitrogen and oxygen atoms in total. The third-order valence-electron chi connectivity index (χ3n) is 7.34. The summed E-state index contributed by atoms with van der Waals surface area (Å²) < 4.78 is 91.3. The molecule has 2 N–H and O–H groups in total. The molecule has 3 aromatic carbocycles. The molecule has 12 heteroatoms. The number of hydrogen-bond acceptors (Lipinski definition) is 4. The maximum Gasteiger partial charge on any atom is 0.310 e. The Kier molecular flexibility index (Phi) is 6.73. The molecule has 0 radical (unpaired) electrons. The van der Waals surface area contributed by atoms with Crippen molar-refractivity contribution >= 4 is 31.7 Å². The zero-order chi connectivity index (χ0) is 28.8. The molecule has 0 unspecified atom stereocenters. The predicted molar refractivity (Wildman–Crippen MR) is 147 cm³/mol. The maximum absolute atomic E-state index is 13.3. The van der Waals surface area contributed by atoms with Crippen molar-refractivity contribution in [1.82, 2.24) is 5.32 Å². The van der Waals surface area contributed by atoms with Crippen molar-refractivity contribution in [3.63, 3.8) is 0 Å². The highest BCUT2D eigenvalue weighted by atomic mass is 32.5. The van der Waals surface area contributed by atoms with Gasteiger partial charge in [0.2, 0.25) is 0 Å². The van der Waals surface area contributed by atoms with Gasteiger partial charge < -0.3 is 10.6 Å². The molecule has 2 saturated carbocycles. The van der Waals surface area contributed by atoms with E-state index >= 15 is 0 Å². The molecule has 1 amide bonds. The normalized spacial score (nSPS) is 21.6. The van der Waals surface area contributed by atoms with Gasteiger partial charge in [0.15, 0.2) is 9.84 Å². The first-order chi connectivity index (χ1) is 18.6. The molecule has 0 spiro atoms. The van der Waals surface area contributed by atoms with Crippen LogP contribution in [-0.2, 0) is 9.84 Å². The van der Waals surface area contributed by atoms with Gasteiger partial charge in [0.1, 0.15) is 4.90 Å². The third kappa shape index (κ3) is 6.60. The summed E-state index contributed by atoms with van der Waals surface area (Å²) in [7, 11) is -13.3. The van der Waals surface area contributed by atoms with Crippen LogP contribution in [0.1, 0.15) is 48.9 Å². The lowest BCUT2D eigenvalue weighted by Gasteiger charge is -2.40. The molecule has 2 aliphatic rings. The largest absolute Gasteiger partial charge is 0.382 e. The summed E-state index contributed by atoms with van der Waals surface area (Å²) in [5.41, 5.74) is 2.39. The quantitative estimate of drug-likeness (QED) is 0.256. The first-order valence-corrected chi connectivity index (χ1v) is 16.4. The van der Waals surface area contributed by atoms with Crippen LogP contribution in [0.3, 0.4) is 0 Å². The van der Waals surface area contributed by atoms with Gasteiger partial charge in [0, 0.05) is 23.3 Å². The Morgan fingerprint density at radius 2 is 1.32 bits per heavy atom. The zero-order valence-electron chi connectivity index (χ0n) is 21.3. The van der Waals surface area contributed by atoms with Gasteiger partial charge in [-0.2, -0.15) is 0 Å². The Morgan fingerprint density at radius 1 is 0.725 bits per heavy atom. The Hall–Kier alpha value is -3.12. The van der Waals surface area contributed by atoms with Gasteiger partial charge in [-0.05, 0) is 98.2 Å². The Labute approximate surface area is 229 Å². The molecule has 0 atom stereocenters. The molecule has 0 saturated heterocycles. The first kappa shape index (κ1) is 28.4. The second-order valence-corrected chi connectivity index (χ2v) is 15.1. The molecule has 0 bridgehead atoms. The second kappa shape index (κ2) is 9.47. The van der Waals surface area contributed by atoms with E-state index < -0.39 is 30.2 Å². The number of halogens is 5. The van der Waals surface area contributed by atoms with Crippen LogP contribution in [-0.4, -0.2) is 31.7 Å². The van der Waals surface area contributed by atoms with Crippen molar-refractivity contribution in [3.05, 3.63) is 78.4 Å². The van der Waals surface area contributed by atoms with Crippen LogP contribution < -0.4 is 10.6 Å². The number of amides is 1. The fourth-order valence-corrected chi connectivity index (χ4v) is 7.37. The van der Waals surface area contributed by atoms with Crippen LogP contribution in [0.15, 0.2) is 82.6 Å². The van der Waals surface area contributed by atoms with E-state index in [1.165, 1.54) is 0 Å². The molecule has 2 aliphatic carbocycles. The Morgan fingerprint density at radius 3 is 1.90 bits per heavy atom.